The molecule has 0 atom stereocenters. The summed E-state index contributed by atoms with van der Waals surface area (Å²) in [6.07, 6.45) is 12.1. The van der Waals surface area contributed by atoms with Gasteiger partial charge in [0.15, 0.2) is 0 Å². The summed E-state index contributed by atoms with van der Waals surface area (Å²) in [5.41, 5.74) is 4.73. The van der Waals surface area contributed by atoms with Gasteiger partial charge in [0.1, 0.15) is 5.65 Å². The molecule has 4 rings (SSSR count). The highest BCUT2D eigenvalue weighted by Gasteiger charge is 2.20. The number of aromatic amines is 1. The summed E-state index contributed by atoms with van der Waals surface area (Å²) in [6, 6.07) is 8.50. The predicted molar refractivity (Wildman–Crippen MR) is 84.2 cm³/mol. The Morgan fingerprint density at radius 1 is 1.14 bits per heavy atom. The standard InChI is InChI=1S/C18H19N3/c1-2-17-15(12-21-18(17)19-9-1)10-14-6-8-16(20-11-14)7-5-13-3-4-13/h1-2,6,8-9,11-13H,3-5,7,10H2,(H,19,21). The van der Waals surface area contributed by atoms with E-state index in [9.17, 15) is 0 Å². The van der Waals surface area contributed by atoms with E-state index in [2.05, 4.69) is 39.3 Å². The Bertz CT molecular complexity index is 739. The Kier molecular flexibility index (Phi) is 3.18. The molecule has 0 spiro atoms. The monoisotopic (exact) mass is 277 g/mol. The maximum Gasteiger partial charge on any atom is 0.137 e. The van der Waals surface area contributed by atoms with E-state index in [4.69, 9.17) is 0 Å². The Labute approximate surface area is 124 Å². The summed E-state index contributed by atoms with van der Waals surface area (Å²) in [4.78, 5) is 12.2. The third-order valence-corrected chi connectivity index (χ3v) is 4.32. The highest BCUT2D eigenvalue weighted by Crippen LogP contribution is 2.33. The third-order valence-electron chi connectivity index (χ3n) is 4.32. The van der Waals surface area contributed by atoms with Crippen LogP contribution in [0.4, 0.5) is 0 Å². The zero-order valence-electron chi connectivity index (χ0n) is 12.0. The third kappa shape index (κ3) is 2.82. The van der Waals surface area contributed by atoms with Crippen LogP contribution in [0.5, 0.6) is 0 Å². The van der Waals surface area contributed by atoms with Crippen molar-refractivity contribution in [1.82, 2.24) is 15.0 Å². The normalized spacial score (nSPS) is 14.7. The van der Waals surface area contributed by atoms with Crippen molar-refractivity contribution in [3.05, 3.63) is 59.7 Å². The number of pyridine rings is 2. The van der Waals surface area contributed by atoms with Gasteiger partial charge in [-0.2, -0.15) is 0 Å². The average molecular weight is 277 g/mol. The van der Waals surface area contributed by atoms with Crippen molar-refractivity contribution in [1.29, 1.82) is 0 Å². The van der Waals surface area contributed by atoms with Crippen LogP contribution < -0.4 is 0 Å². The molecule has 0 aliphatic heterocycles. The molecule has 1 fully saturated rings. The van der Waals surface area contributed by atoms with E-state index in [-0.39, 0.29) is 0 Å². The molecule has 21 heavy (non-hydrogen) atoms. The topological polar surface area (TPSA) is 41.6 Å². The van der Waals surface area contributed by atoms with E-state index in [1.165, 1.54) is 41.5 Å². The fourth-order valence-corrected chi connectivity index (χ4v) is 2.84. The van der Waals surface area contributed by atoms with E-state index in [1.807, 2.05) is 18.5 Å². The van der Waals surface area contributed by atoms with Crippen LogP contribution >= 0.6 is 0 Å². The largest absolute Gasteiger partial charge is 0.346 e. The number of nitrogens with one attached hydrogen (secondary N) is 1. The van der Waals surface area contributed by atoms with Crippen LogP contribution in [0.25, 0.3) is 11.0 Å². The number of hydrogen-bond donors (Lipinski definition) is 1. The van der Waals surface area contributed by atoms with E-state index in [1.54, 1.807) is 0 Å². The molecule has 3 aromatic heterocycles. The molecule has 0 radical (unpaired) electrons. The van der Waals surface area contributed by atoms with Crippen molar-refractivity contribution >= 4 is 11.0 Å². The van der Waals surface area contributed by atoms with Crippen molar-refractivity contribution in [3.8, 4) is 0 Å². The molecule has 3 nitrogen and oxygen atoms in total. The Hall–Kier alpha value is -2.16. The maximum absolute atomic E-state index is 4.61. The number of rotatable bonds is 5. The summed E-state index contributed by atoms with van der Waals surface area (Å²) in [5, 5.41) is 1.20. The molecule has 1 aliphatic rings. The van der Waals surface area contributed by atoms with Crippen molar-refractivity contribution < 1.29 is 0 Å². The highest BCUT2D eigenvalue weighted by atomic mass is 14.8. The zero-order valence-corrected chi connectivity index (χ0v) is 12.0. The number of aryl methyl sites for hydroxylation is 1. The maximum atomic E-state index is 4.61. The molecule has 0 amide bonds. The molecule has 3 heteroatoms. The van der Waals surface area contributed by atoms with Gasteiger partial charge in [0, 0.05) is 36.1 Å². The fourth-order valence-electron chi connectivity index (χ4n) is 2.84. The fraction of sp³-hybridized carbons (Fsp3) is 0.333. The molecule has 0 unspecified atom stereocenters. The Balaban J connectivity index is 1.48. The molecule has 1 saturated carbocycles. The van der Waals surface area contributed by atoms with Crippen molar-refractivity contribution in [2.24, 2.45) is 5.92 Å². The van der Waals surface area contributed by atoms with Crippen molar-refractivity contribution in [2.75, 3.05) is 0 Å². The molecule has 1 N–H and O–H groups in total. The van der Waals surface area contributed by atoms with Gasteiger partial charge in [-0.15, -0.1) is 0 Å². The second kappa shape index (κ2) is 5.32. The zero-order chi connectivity index (χ0) is 14.1. The van der Waals surface area contributed by atoms with Gasteiger partial charge in [-0.3, -0.25) is 4.98 Å². The summed E-state index contributed by atoms with van der Waals surface area (Å²) < 4.78 is 0. The SMILES string of the molecule is c1cnc2[nH]cc(Cc3ccc(CCC4CC4)nc3)c2c1. The number of hydrogen-bond acceptors (Lipinski definition) is 2. The molecule has 0 aromatic carbocycles. The van der Waals surface area contributed by atoms with Crippen LogP contribution in [0.1, 0.15) is 36.1 Å². The van der Waals surface area contributed by atoms with E-state index in [0.29, 0.717) is 0 Å². The number of nitrogens with zero attached hydrogens (tertiary/aromatic N) is 2. The summed E-state index contributed by atoms with van der Waals surface area (Å²) in [7, 11) is 0. The van der Waals surface area contributed by atoms with E-state index < -0.39 is 0 Å². The van der Waals surface area contributed by atoms with Crippen LogP contribution in [0.2, 0.25) is 0 Å². The lowest BCUT2D eigenvalue weighted by Crippen LogP contribution is -1.94. The first kappa shape index (κ1) is 12.6. The summed E-state index contributed by atoms with van der Waals surface area (Å²) in [6.45, 7) is 0. The number of fused-ring (bicyclic) bond motifs is 1. The lowest BCUT2D eigenvalue weighted by atomic mass is 10.1. The van der Waals surface area contributed by atoms with Crippen molar-refractivity contribution in [3.63, 3.8) is 0 Å². The minimum Gasteiger partial charge on any atom is -0.346 e. The first-order valence-electron chi connectivity index (χ1n) is 7.73. The second-order valence-corrected chi connectivity index (χ2v) is 6.03. The lowest BCUT2D eigenvalue weighted by molar-refractivity contribution is 0.713. The van der Waals surface area contributed by atoms with Crippen LogP contribution in [0.15, 0.2) is 42.9 Å². The van der Waals surface area contributed by atoms with Gasteiger partial charge in [0.25, 0.3) is 0 Å². The summed E-state index contributed by atoms with van der Waals surface area (Å²) >= 11 is 0. The molecule has 106 valence electrons. The van der Waals surface area contributed by atoms with Crippen LogP contribution in [-0.2, 0) is 12.8 Å². The molecule has 0 bridgehead atoms. The predicted octanol–water partition coefficient (Wildman–Crippen LogP) is 3.89. The second-order valence-electron chi connectivity index (χ2n) is 6.03. The van der Waals surface area contributed by atoms with Gasteiger partial charge in [-0.05, 0) is 48.1 Å². The summed E-state index contributed by atoms with van der Waals surface area (Å²) in [5.74, 6) is 0.977. The van der Waals surface area contributed by atoms with Crippen LogP contribution in [-0.4, -0.2) is 15.0 Å². The minimum absolute atomic E-state index is 0.904. The number of aromatic nitrogens is 3. The average Bonchev–Trinajstić information content (AvgIpc) is 3.28. The molecule has 0 saturated heterocycles. The minimum atomic E-state index is 0.904. The lowest BCUT2D eigenvalue weighted by Gasteiger charge is -2.03. The van der Waals surface area contributed by atoms with Gasteiger partial charge in [-0.25, -0.2) is 4.98 Å². The molecule has 3 heterocycles. The van der Waals surface area contributed by atoms with Gasteiger partial charge < -0.3 is 4.98 Å². The first-order valence-corrected chi connectivity index (χ1v) is 7.73. The van der Waals surface area contributed by atoms with E-state index in [0.717, 1.165) is 24.4 Å². The van der Waals surface area contributed by atoms with Gasteiger partial charge >= 0.3 is 0 Å². The molecule has 1 aliphatic carbocycles. The Morgan fingerprint density at radius 3 is 2.90 bits per heavy atom. The molecular weight excluding hydrogens is 258 g/mol. The highest BCUT2D eigenvalue weighted by molar-refractivity contribution is 5.79. The van der Waals surface area contributed by atoms with Crippen LogP contribution in [0, 0.1) is 5.92 Å². The quantitative estimate of drug-likeness (QED) is 0.768. The number of H-pyrrole nitrogens is 1. The smallest absolute Gasteiger partial charge is 0.137 e. The van der Waals surface area contributed by atoms with Crippen molar-refractivity contribution in [2.45, 2.75) is 32.1 Å². The molecule has 3 aromatic rings. The van der Waals surface area contributed by atoms with Crippen LogP contribution in [0.3, 0.4) is 0 Å². The Morgan fingerprint density at radius 2 is 2.10 bits per heavy atom. The van der Waals surface area contributed by atoms with Gasteiger partial charge in [0.2, 0.25) is 0 Å². The van der Waals surface area contributed by atoms with Gasteiger partial charge in [0.05, 0.1) is 0 Å². The molecular formula is C18H19N3. The first-order chi connectivity index (χ1) is 10.4. The van der Waals surface area contributed by atoms with E-state index >= 15 is 0 Å². The van der Waals surface area contributed by atoms with Gasteiger partial charge in [-0.1, -0.05) is 18.9 Å².